The highest BCUT2D eigenvalue weighted by Crippen LogP contribution is 2.27. The molecule has 0 aliphatic carbocycles. The summed E-state index contributed by atoms with van der Waals surface area (Å²) in [6.07, 6.45) is 0. The van der Waals surface area contributed by atoms with Crippen molar-refractivity contribution in [3.8, 4) is 5.75 Å². The molecule has 3 rings (SSSR count). The minimum absolute atomic E-state index is 0.0148. The zero-order valence-electron chi connectivity index (χ0n) is 16.4. The number of rotatable bonds is 7. The average Bonchev–Trinajstić information content (AvgIpc) is 2.73. The molecule has 1 amide bonds. The van der Waals surface area contributed by atoms with Crippen molar-refractivity contribution in [2.24, 2.45) is 0 Å². The van der Waals surface area contributed by atoms with Gasteiger partial charge in [0.1, 0.15) is 5.75 Å². The Morgan fingerprint density at radius 2 is 1.76 bits per heavy atom. The molecule has 29 heavy (non-hydrogen) atoms. The molecule has 0 aliphatic rings. The van der Waals surface area contributed by atoms with E-state index in [2.05, 4.69) is 50.9 Å². The van der Waals surface area contributed by atoms with E-state index >= 15 is 0 Å². The smallest absolute Gasteiger partial charge is 0.254 e. The predicted molar refractivity (Wildman–Crippen MR) is 124 cm³/mol. The van der Waals surface area contributed by atoms with Gasteiger partial charge < -0.3 is 9.64 Å². The third-order valence-electron chi connectivity index (χ3n) is 4.81. The van der Waals surface area contributed by atoms with Gasteiger partial charge >= 0.3 is 0 Å². The molecule has 0 aliphatic heterocycles. The second-order valence-electron chi connectivity index (χ2n) is 6.98. The van der Waals surface area contributed by atoms with E-state index in [1.807, 2.05) is 65.6 Å². The Morgan fingerprint density at radius 1 is 1.00 bits per heavy atom. The van der Waals surface area contributed by atoms with Gasteiger partial charge in [0.25, 0.3) is 5.91 Å². The molecule has 3 nitrogen and oxygen atoms in total. The second kappa shape index (κ2) is 10.1. The van der Waals surface area contributed by atoms with E-state index in [9.17, 15) is 4.79 Å². The monoisotopic (exact) mass is 515 g/mol. The number of carbonyl (C=O) groups excluding carboxylic acids is 1. The summed E-state index contributed by atoms with van der Waals surface area (Å²) in [7, 11) is 1.64. The standard InChI is InChI=1S/C24H23Br2NO2/c1-17(19-7-4-3-5-8-19)15-27(24(28)20-9-6-10-21(25)14-20)16-18-11-12-23(29-2)22(26)13-18/h3-14,17H,15-16H2,1-2H3. The van der Waals surface area contributed by atoms with Crippen molar-refractivity contribution in [2.45, 2.75) is 19.4 Å². The zero-order valence-corrected chi connectivity index (χ0v) is 19.6. The first-order valence-corrected chi connectivity index (χ1v) is 11.0. The molecule has 0 spiro atoms. The Balaban J connectivity index is 1.88. The summed E-state index contributed by atoms with van der Waals surface area (Å²) >= 11 is 7.01. The van der Waals surface area contributed by atoms with Gasteiger partial charge in [-0.1, -0.05) is 65.3 Å². The Kier molecular flexibility index (Phi) is 7.51. The maximum atomic E-state index is 13.3. The summed E-state index contributed by atoms with van der Waals surface area (Å²) in [4.78, 5) is 15.3. The van der Waals surface area contributed by atoms with Crippen LogP contribution < -0.4 is 4.74 Å². The number of methoxy groups -OCH3 is 1. The molecule has 0 heterocycles. The van der Waals surface area contributed by atoms with Crippen LogP contribution in [0.3, 0.4) is 0 Å². The molecule has 0 saturated heterocycles. The molecule has 0 bridgehead atoms. The van der Waals surface area contributed by atoms with Gasteiger partial charge in [-0.3, -0.25) is 4.79 Å². The van der Waals surface area contributed by atoms with Gasteiger partial charge in [0.05, 0.1) is 11.6 Å². The van der Waals surface area contributed by atoms with Crippen molar-refractivity contribution in [2.75, 3.05) is 13.7 Å². The molecule has 0 fully saturated rings. The van der Waals surface area contributed by atoms with Gasteiger partial charge in [-0.05, 0) is 63.3 Å². The summed E-state index contributed by atoms with van der Waals surface area (Å²) in [6, 6.07) is 23.8. The molecule has 0 aromatic heterocycles. The minimum Gasteiger partial charge on any atom is -0.496 e. The highest BCUT2D eigenvalue weighted by molar-refractivity contribution is 9.10. The van der Waals surface area contributed by atoms with E-state index in [-0.39, 0.29) is 11.8 Å². The Hall–Kier alpha value is -2.11. The number of hydrogen-bond donors (Lipinski definition) is 0. The van der Waals surface area contributed by atoms with Crippen molar-refractivity contribution >= 4 is 37.8 Å². The van der Waals surface area contributed by atoms with E-state index < -0.39 is 0 Å². The topological polar surface area (TPSA) is 29.5 Å². The quantitative estimate of drug-likeness (QED) is 0.351. The lowest BCUT2D eigenvalue weighted by molar-refractivity contribution is 0.0734. The molecule has 3 aromatic carbocycles. The number of nitrogens with zero attached hydrogens (tertiary/aromatic N) is 1. The van der Waals surface area contributed by atoms with Crippen molar-refractivity contribution in [1.29, 1.82) is 0 Å². The Morgan fingerprint density at radius 3 is 2.41 bits per heavy atom. The van der Waals surface area contributed by atoms with Gasteiger partial charge in [-0.25, -0.2) is 0 Å². The molecule has 150 valence electrons. The summed E-state index contributed by atoms with van der Waals surface area (Å²) in [5, 5.41) is 0. The molecule has 3 aromatic rings. The third-order valence-corrected chi connectivity index (χ3v) is 5.92. The number of halogens is 2. The van der Waals surface area contributed by atoms with Gasteiger partial charge in [0, 0.05) is 23.1 Å². The first kappa shape index (κ1) is 21.6. The second-order valence-corrected chi connectivity index (χ2v) is 8.75. The van der Waals surface area contributed by atoms with Crippen LogP contribution in [0, 0.1) is 0 Å². The first-order chi connectivity index (χ1) is 14.0. The third kappa shape index (κ3) is 5.71. The summed E-state index contributed by atoms with van der Waals surface area (Å²) in [5.74, 6) is 1.01. The lowest BCUT2D eigenvalue weighted by atomic mass is 10.00. The number of hydrogen-bond acceptors (Lipinski definition) is 2. The van der Waals surface area contributed by atoms with E-state index in [1.165, 1.54) is 5.56 Å². The molecule has 5 heteroatoms. The molecular formula is C24H23Br2NO2. The molecule has 1 unspecified atom stereocenters. The molecule has 0 radical (unpaired) electrons. The highest BCUT2D eigenvalue weighted by atomic mass is 79.9. The van der Waals surface area contributed by atoms with Crippen LogP contribution in [-0.2, 0) is 6.54 Å². The van der Waals surface area contributed by atoms with Crippen LogP contribution in [-0.4, -0.2) is 24.5 Å². The lowest BCUT2D eigenvalue weighted by Crippen LogP contribution is -2.33. The van der Waals surface area contributed by atoms with Crippen LogP contribution in [0.5, 0.6) is 5.75 Å². The number of amides is 1. The van der Waals surface area contributed by atoms with Crippen molar-refractivity contribution in [1.82, 2.24) is 4.90 Å². The predicted octanol–water partition coefficient (Wildman–Crippen LogP) is 6.67. The summed E-state index contributed by atoms with van der Waals surface area (Å²) < 4.78 is 7.10. The molecule has 1 atom stereocenters. The largest absolute Gasteiger partial charge is 0.496 e. The fourth-order valence-corrected chi connectivity index (χ4v) is 4.26. The fourth-order valence-electron chi connectivity index (χ4n) is 3.27. The normalized spacial score (nSPS) is 11.7. The van der Waals surface area contributed by atoms with Gasteiger partial charge in [-0.2, -0.15) is 0 Å². The number of benzene rings is 3. The van der Waals surface area contributed by atoms with Crippen molar-refractivity contribution < 1.29 is 9.53 Å². The summed E-state index contributed by atoms with van der Waals surface area (Å²) in [5.41, 5.74) is 2.93. The maximum Gasteiger partial charge on any atom is 0.254 e. The van der Waals surface area contributed by atoms with Crippen LogP contribution in [0.4, 0.5) is 0 Å². The van der Waals surface area contributed by atoms with E-state index in [4.69, 9.17) is 4.74 Å². The molecule has 0 N–H and O–H groups in total. The SMILES string of the molecule is COc1ccc(CN(CC(C)c2ccccc2)C(=O)c2cccc(Br)c2)cc1Br. The fraction of sp³-hybridized carbons (Fsp3) is 0.208. The van der Waals surface area contributed by atoms with Crippen LogP contribution in [0.15, 0.2) is 81.7 Å². The van der Waals surface area contributed by atoms with Gasteiger partial charge in [-0.15, -0.1) is 0 Å². The number of carbonyl (C=O) groups is 1. The van der Waals surface area contributed by atoms with E-state index in [0.717, 1.165) is 20.3 Å². The van der Waals surface area contributed by atoms with Gasteiger partial charge in [0.15, 0.2) is 0 Å². The lowest BCUT2D eigenvalue weighted by Gasteiger charge is -2.27. The van der Waals surface area contributed by atoms with Crippen molar-refractivity contribution in [3.63, 3.8) is 0 Å². The summed E-state index contributed by atoms with van der Waals surface area (Å²) in [6.45, 7) is 3.30. The Labute approximate surface area is 189 Å². The van der Waals surface area contributed by atoms with Crippen LogP contribution in [0.2, 0.25) is 0 Å². The van der Waals surface area contributed by atoms with Gasteiger partial charge in [0.2, 0.25) is 0 Å². The first-order valence-electron chi connectivity index (χ1n) is 9.40. The Bertz CT molecular complexity index is 976. The number of ether oxygens (including phenoxy) is 1. The minimum atomic E-state index is 0.0148. The molecular weight excluding hydrogens is 494 g/mol. The van der Waals surface area contributed by atoms with E-state index in [1.54, 1.807) is 7.11 Å². The van der Waals surface area contributed by atoms with Crippen LogP contribution in [0.25, 0.3) is 0 Å². The van der Waals surface area contributed by atoms with Crippen LogP contribution in [0.1, 0.15) is 34.3 Å². The maximum absolute atomic E-state index is 13.3. The molecule has 0 saturated carbocycles. The zero-order chi connectivity index (χ0) is 20.8. The average molecular weight is 517 g/mol. The highest BCUT2D eigenvalue weighted by Gasteiger charge is 2.20. The van der Waals surface area contributed by atoms with Crippen LogP contribution >= 0.6 is 31.9 Å². The van der Waals surface area contributed by atoms with Crippen molar-refractivity contribution in [3.05, 3.63) is 98.4 Å². The van der Waals surface area contributed by atoms with E-state index in [0.29, 0.717) is 18.7 Å².